The highest BCUT2D eigenvalue weighted by molar-refractivity contribution is 14.1. The predicted octanol–water partition coefficient (Wildman–Crippen LogP) is 5.10. The van der Waals surface area contributed by atoms with Crippen molar-refractivity contribution in [3.63, 3.8) is 0 Å². The molecule has 11 heteroatoms. The van der Waals surface area contributed by atoms with Gasteiger partial charge in [0.25, 0.3) is 11.8 Å². The van der Waals surface area contributed by atoms with E-state index in [-0.39, 0.29) is 12.5 Å². The van der Waals surface area contributed by atoms with Gasteiger partial charge in [0.2, 0.25) is 0 Å². The van der Waals surface area contributed by atoms with Crippen molar-refractivity contribution in [2.24, 2.45) is 10.8 Å². The first-order valence-corrected chi connectivity index (χ1v) is 13.3. The van der Waals surface area contributed by atoms with Gasteiger partial charge in [-0.05, 0) is 71.5 Å². The third kappa shape index (κ3) is 7.07. The van der Waals surface area contributed by atoms with Crippen LogP contribution < -0.4 is 25.9 Å². The maximum atomic E-state index is 12.6. The third-order valence-corrected chi connectivity index (χ3v) is 6.80. The zero-order valence-electron chi connectivity index (χ0n) is 20.5. The van der Waals surface area contributed by atoms with Gasteiger partial charge in [-0.15, -0.1) is 11.3 Å². The fraction of sp³-hybridized carbons (Fsp3) is 0.111. The molecular weight excluding hydrogens is 617 g/mol. The summed E-state index contributed by atoms with van der Waals surface area (Å²) in [6.07, 6.45) is 1.49. The Morgan fingerprint density at radius 3 is 2.55 bits per heavy atom. The number of aryl methyl sites for hydroxylation is 1. The van der Waals surface area contributed by atoms with Crippen molar-refractivity contribution in [2.45, 2.75) is 6.92 Å². The van der Waals surface area contributed by atoms with Crippen LogP contribution in [0.4, 0.5) is 10.8 Å². The molecule has 4 aromatic rings. The first kappa shape index (κ1) is 27.1. The molecule has 0 radical (unpaired) electrons. The molecule has 1 aromatic heterocycles. The van der Waals surface area contributed by atoms with Gasteiger partial charge in [0.1, 0.15) is 0 Å². The number of hydrogen-bond acceptors (Lipinski definition) is 8. The Bertz CT molecular complexity index is 1470. The molecule has 0 fully saturated rings. The highest BCUT2D eigenvalue weighted by Gasteiger charge is 2.13. The summed E-state index contributed by atoms with van der Waals surface area (Å²) in [5.41, 5.74) is 12.7. The molecule has 2 amide bonds. The Morgan fingerprint density at radius 1 is 1.13 bits per heavy atom. The number of hydrazone groups is 1. The average molecular weight is 641 g/mol. The maximum Gasteiger partial charge on any atom is 0.271 e. The lowest BCUT2D eigenvalue weighted by Gasteiger charge is -2.12. The minimum atomic E-state index is -0.587. The fourth-order valence-corrected chi connectivity index (χ4v) is 4.87. The first-order valence-electron chi connectivity index (χ1n) is 11.3. The van der Waals surface area contributed by atoms with E-state index < -0.39 is 5.91 Å². The van der Waals surface area contributed by atoms with E-state index >= 15 is 0 Å². The normalized spacial score (nSPS) is 10.8. The van der Waals surface area contributed by atoms with Gasteiger partial charge in [0, 0.05) is 22.2 Å². The second kappa shape index (κ2) is 12.5. The molecule has 0 saturated carbocycles. The lowest BCUT2D eigenvalue weighted by molar-refractivity contribution is -0.119. The molecule has 3 aromatic carbocycles. The molecule has 4 N–H and O–H groups in total. The SMILES string of the molecule is COc1cc(/C=N/NC(=O)c2ccc(-c3csc(Nc4ccc(C)cc4)n3)cc2)cc(I)c1OCC(N)=O. The van der Waals surface area contributed by atoms with Crippen LogP contribution in [0.25, 0.3) is 11.3 Å². The molecule has 0 bridgehead atoms. The van der Waals surface area contributed by atoms with Gasteiger partial charge in [0.15, 0.2) is 23.2 Å². The Hall–Kier alpha value is -3.97. The van der Waals surface area contributed by atoms with Crippen LogP contribution in [0.3, 0.4) is 0 Å². The summed E-state index contributed by atoms with van der Waals surface area (Å²) in [5, 5.41) is 10.1. The molecule has 1 heterocycles. The van der Waals surface area contributed by atoms with Crippen LogP contribution in [0.5, 0.6) is 11.5 Å². The van der Waals surface area contributed by atoms with Crippen molar-refractivity contribution < 1.29 is 19.1 Å². The number of anilines is 2. The number of rotatable bonds is 10. The average Bonchev–Trinajstić information content (AvgIpc) is 3.37. The number of ether oxygens (including phenoxy) is 2. The largest absolute Gasteiger partial charge is 0.493 e. The van der Waals surface area contributed by atoms with Crippen molar-refractivity contribution in [1.82, 2.24) is 10.4 Å². The molecule has 0 aliphatic rings. The number of aromatic nitrogens is 1. The van der Waals surface area contributed by atoms with E-state index in [0.717, 1.165) is 22.1 Å². The van der Waals surface area contributed by atoms with Gasteiger partial charge >= 0.3 is 0 Å². The van der Waals surface area contributed by atoms with Gasteiger partial charge in [0.05, 0.1) is 22.6 Å². The lowest BCUT2D eigenvalue weighted by Crippen LogP contribution is -2.20. The minimum Gasteiger partial charge on any atom is -0.493 e. The number of nitrogens with two attached hydrogens (primary N) is 1. The van der Waals surface area contributed by atoms with Crippen LogP contribution in [-0.2, 0) is 4.79 Å². The zero-order chi connectivity index (χ0) is 27.1. The van der Waals surface area contributed by atoms with Crippen molar-refractivity contribution in [1.29, 1.82) is 0 Å². The molecular formula is C27H24IN5O4S. The van der Waals surface area contributed by atoms with Gasteiger partial charge in [-0.3, -0.25) is 9.59 Å². The summed E-state index contributed by atoms with van der Waals surface area (Å²) < 4.78 is 11.5. The Labute approximate surface area is 237 Å². The second-order valence-electron chi connectivity index (χ2n) is 8.09. The topological polar surface area (TPSA) is 128 Å². The number of hydrogen-bond donors (Lipinski definition) is 3. The molecule has 0 spiro atoms. The minimum absolute atomic E-state index is 0.261. The van der Waals surface area contributed by atoms with E-state index in [1.807, 2.05) is 48.7 Å². The second-order valence-corrected chi connectivity index (χ2v) is 10.1. The number of primary amides is 1. The van der Waals surface area contributed by atoms with Crippen LogP contribution in [-0.4, -0.2) is 36.7 Å². The van der Waals surface area contributed by atoms with E-state index in [4.69, 9.17) is 15.2 Å². The maximum absolute atomic E-state index is 12.6. The van der Waals surface area contributed by atoms with Gasteiger partial charge in [-0.1, -0.05) is 29.8 Å². The Kier molecular flexibility index (Phi) is 8.92. The quantitative estimate of drug-likeness (QED) is 0.126. The molecule has 0 unspecified atom stereocenters. The number of carbonyl (C=O) groups excluding carboxylic acids is 2. The van der Waals surface area contributed by atoms with E-state index in [2.05, 4.69) is 43.4 Å². The number of benzene rings is 3. The van der Waals surface area contributed by atoms with Crippen molar-refractivity contribution >= 4 is 62.8 Å². The third-order valence-electron chi connectivity index (χ3n) is 5.24. The van der Waals surface area contributed by atoms with E-state index in [1.165, 1.54) is 30.2 Å². The van der Waals surface area contributed by atoms with Crippen molar-refractivity contribution in [3.8, 4) is 22.8 Å². The molecule has 194 valence electrons. The summed E-state index contributed by atoms with van der Waals surface area (Å²) in [6, 6.07) is 18.7. The smallest absolute Gasteiger partial charge is 0.271 e. The molecule has 38 heavy (non-hydrogen) atoms. The lowest BCUT2D eigenvalue weighted by atomic mass is 10.1. The van der Waals surface area contributed by atoms with Crippen molar-refractivity contribution in [2.75, 3.05) is 19.0 Å². The van der Waals surface area contributed by atoms with Crippen LogP contribution >= 0.6 is 33.9 Å². The summed E-state index contributed by atoms with van der Waals surface area (Å²) in [7, 11) is 1.49. The van der Waals surface area contributed by atoms with Gasteiger partial charge in [-0.25, -0.2) is 10.4 Å². The zero-order valence-corrected chi connectivity index (χ0v) is 23.5. The summed E-state index contributed by atoms with van der Waals surface area (Å²) in [5.74, 6) is -0.112. The highest BCUT2D eigenvalue weighted by atomic mass is 127. The molecule has 0 aliphatic carbocycles. The van der Waals surface area contributed by atoms with Crippen LogP contribution in [0.15, 0.2) is 71.1 Å². The highest BCUT2D eigenvalue weighted by Crippen LogP contribution is 2.33. The summed E-state index contributed by atoms with van der Waals surface area (Å²) in [6.45, 7) is 1.79. The van der Waals surface area contributed by atoms with Crippen LogP contribution in [0.2, 0.25) is 0 Å². The van der Waals surface area contributed by atoms with E-state index in [1.54, 1.807) is 24.3 Å². The number of thiazole rings is 1. The Balaban J connectivity index is 1.37. The van der Waals surface area contributed by atoms with Crippen LogP contribution in [0.1, 0.15) is 21.5 Å². The fourth-order valence-electron chi connectivity index (χ4n) is 3.34. The number of amides is 2. The molecule has 4 rings (SSSR count). The van der Waals surface area contributed by atoms with Gasteiger partial charge < -0.3 is 20.5 Å². The monoisotopic (exact) mass is 641 g/mol. The standard InChI is InChI=1S/C27H24IN5O4S/c1-16-3-9-20(10-4-16)31-27-32-22(15-38-27)18-5-7-19(8-6-18)26(35)33-30-13-17-11-21(28)25(23(12-17)36-2)37-14-24(29)34/h3-13,15H,14H2,1-2H3,(H2,29,34)(H,31,32)(H,33,35)/b30-13+. The molecule has 0 atom stereocenters. The number of carbonyl (C=O) groups is 2. The molecule has 9 nitrogen and oxygen atoms in total. The van der Waals surface area contributed by atoms with E-state index in [9.17, 15) is 9.59 Å². The number of nitrogens with one attached hydrogen (secondary N) is 2. The van der Waals surface area contributed by atoms with Gasteiger partial charge in [-0.2, -0.15) is 5.10 Å². The Morgan fingerprint density at radius 2 is 1.87 bits per heavy atom. The number of nitrogens with zero attached hydrogens (tertiary/aromatic N) is 2. The van der Waals surface area contributed by atoms with Crippen LogP contribution in [0, 0.1) is 10.5 Å². The predicted molar refractivity (Wildman–Crippen MR) is 157 cm³/mol. The number of halogens is 1. The molecule has 0 saturated heterocycles. The summed E-state index contributed by atoms with van der Waals surface area (Å²) in [4.78, 5) is 28.2. The van der Waals surface area contributed by atoms with E-state index in [0.29, 0.717) is 26.2 Å². The first-order chi connectivity index (χ1) is 18.3. The molecule has 0 aliphatic heterocycles. The van der Waals surface area contributed by atoms with Crippen molar-refractivity contribution in [3.05, 3.63) is 86.3 Å². The summed E-state index contributed by atoms with van der Waals surface area (Å²) >= 11 is 3.57. The number of methoxy groups -OCH3 is 1.